The Bertz CT molecular complexity index is 1050. The maximum absolute atomic E-state index is 12.2. The summed E-state index contributed by atoms with van der Waals surface area (Å²) in [5, 5.41) is 10.8. The number of nitrogens with zero attached hydrogens (tertiary/aromatic N) is 1. The van der Waals surface area contributed by atoms with Gasteiger partial charge in [-0.15, -0.1) is 23.1 Å². The van der Waals surface area contributed by atoms with Crippen molar-refractivity contribution in [2.75, 3.05) is 16.4 Å². The Balaban J connectivity index is 1.49. The Morgan fingerprint density at radius 3 is 2.79 bits per heavy atom. The van der Waals surface area contributed by atoms with Crippen LogP contribution in [0.1, 0.15) is 23.1 Å². The minimum Gasteiger partial charge on any atom is -0.360 e. The molecule has 2 heterocycles. The highest BCUT2D eigenvalue weighted by Crippen LogP contribution is 2.16. The van der Waals surface area contributed by atoms with Crippen LogP contribution in [0.2, 0.25) is 0 Å². The van der Waals surface area contributed by atoms with Gasteiger partial charge in [-0.05, 0) is 43.5 Å². The molecule has 8 heteroatoms. The van der Waals surface area contributed by atoms with E-state index in [-0.39, 0.29) is 17.6 Å². The SMILES string of the molecule is Cc1cc(NC(=O)C(C)SCC(=O)Nc2cccc(C#Cc3cccs3)c2)no1. The van der Waals surface area contributed by atoms with Gasteiger partial charge in [0.25, 0.3) is 0 Å². The summed E-state index contributed by atoms with van der Waals surface area (Å²) in [6, 6.07) is 12.9. The summed E-state index contributed by atoms with van der Waals surface area (Å²) in [4.78, 5) is 25.4. The highest BCUT2D eigenvalue weighted by molar-refractivity contribution is 8.01. The molecule has 0 aliphatic rings. The van der Waals surface area contributed by atoms with E-state index in [4.69, 9.17) is 4.52 Å². The Morgan fingerprint density at radius 2 is 2.07 bits per heavy atom. The van der Waals surface area contributed by atoms with Gasteiger partial charge in [-0.1, -0.05) is 29.1 Å². The third-order valence-corrected chi connectivity index (χ3v) is 5.64. The van der Waals surface area contributed by atoms with Crippen molar-refractivity contribution >= 4 is 46.4 Å². The Hall–Kier alpha value is -3.02. The number of aromatic nitrogens is 1. The molecule has 0 spiro atoms. The number of anilines is 2. The third-order valence-electron chi connectivity index (χ3n) is 3.71. The molecular weight excluding hydrogens is 406 g/mol. The molecule has 1 unspecified atom stereocenters. The second-order valence-electron chi connectivity index (χ2n) is 6.12. The highest BCUT2D eigenvalue weighted by Gasteiger charge is 2.17. The first-order valence-electron chi connectivity index (χ1n) is 8.81. The van der Waals surface area contributed by atoms with Gasteiger partial charge in [0, 0.05) is 17.3 Å². The number of benzene rings is 1. The van der Waals surface area contributed by atoms with E-state index in [1.54, 1.807) is 31.3 Å². The maximum Gasteiger partial charge on any atom is 0.238 e. The molecule has 3 rings (SSSR count). The number of carbonyl (C=O) groups excluding carboxylic acids is 2. The van der Waals surface area contributed by atoms with Crippen LogP contribution >= 0.6 is 23.1 Å². The molecule has 148 valence electrons. The van der Waals surface area contributed by atoms with Crippen molar-refractivity contribution in [2.45, 2.75) is 19.1 Å². The molecule has 1 atom stereocenters. The van der Waals surface area contributed by atoms with Crippen LogP contribution in [0.3, 0.4) is 0 Å². The molecule has 0 radical (unpaired) electrons. The fraction of sp³-hybridized carbons (Fsp3) is 0.190. The lowest BCUT2D eigenvalue weighted by atomic mass is 10.2. The average molecular weight is 426 g/mol. The van der Waals surface area contributed by atoms with Gasteiger partial charge in [0.15, 0.2) is 5.82 Å². The lowest BCUT2D eigenvalue weighted by molar-refractivity contribution is -0.115. The molecule has 2 amide bonds. The zero-order valence-electron chi connectivity index (χ0n) is 15.9. The molecular formula is C21H19N3O3S2. The largest absolute Gasteiger partial charge is 0.360 e. The van der Waals surface area contributed by atoms with E-state index in [0.717, 1.165) is 10.4 Å². The van der Waals surface area contributed by atoms with Crippen molar-refractivity contribution in [3.05, 3.63) is 64.0 Å². The monoisotopic (exact) mass is 425 g/mol. The number of thioether (sulfide) groups is 1. The number of hydrogen-bond acceptors (Lipinski definition) is 6. The lowest BCUT2D eigenvalue weighted by Gasteiger charge is -2.10. The van der Waals surface area contributed by atoms with Gasteiger partial charge in [-0.25, -0.2) is 0 Å². The number of thiophene rings is 1. The van der Waals surface area contributed by atoms with E-state index < -0.39 is 5.25 Å². The molecule has 2 aromatic heterocycles. The predicted molar refractivity (Wildman–Crippen MR) is 117 cm³/mol. The van der Waals surface area contributed by atoms with E-state index in [0.29, 0.717) is 17.3 Å². The molecule has 0 saturated carbocycles. The van der Waals surface area contributed by atoms with Crippen LogP contribution in [0.15, 0.2) is 52.4 Å². The molecule has 0 saturated heterocycles. The fourth-order valence-electron chi connectivity index (χ4n) is 2.28. The molecule has 3 aromatic rings. The van der Waals surface area contributed by atoms with Crippen molar-refractivity contribution in [2.24, 2.45) is 0 Å². The molecule has 6 nitrogen and oxygen atoms in total. The summed E-state index contributed by atoms with van der Waals surface area (Å²) in [6.07, 6.45) is 0. The number of carbonyl (C=O) groups is 2. The zero-order chi connectivity index (χ0) is 20.6. The molecule has 0 bridgehead atoms. The maximum atomic E-state index is 12.2. The van der Waals surface area contributed by atoms with Crippen LogP contribution in [0.25, 0.3) is 0 Å². The van der Waals surface area contributed by atoms with Gasteiger partial charge >= 0.3 is 0 Å². The first-order chi connectivity index (χ1) is 14.0. The van der Waals surface area contributed by atoms with Gasteiger partial charge in [-0.3, -0.25) is 9.59 Å². The van der Waals surface area contributed by atoms with E-state index in [2.05, 4.69) is 27.6 Å². The van der Waals surface area contributed by atoms with Gasteiger partial charge in [0.2, 0.25) is 11.8 Å². The summed E-state index contributed by atoms with van der Waals surface area (Å²) in [6.45, 7) is 3.48. The van der Waals surface area contributed by atoms with Crippen molar-refractivity contribution in [1.82, 2.24) is 5.16 Å². The molecule has 29 heavy (non-hydrogen) atoms. The summed E-state index contributed by atoms with van der Waals surface area (Å²) in [5.74, 6) is 6.89. The van der Waals surface area contributed by atoms with E-state index in [1.807, 2.05) is 41.8 Å². The number of aryl methyl sites for hydroxylation is 1. The number of nitrogens with one attached hydrogen (secondary N) is 2. The van der Waals surface area contributed by atoms with Crippen LogP contribution in [-0.4, -0.2) is 28.0 Å². The van der Waals surface area contributed by atoms with Crippen LogP contribution in [0.4, 0.5) is 11.5 Å². The summed E-state index contributed by atoms with van der Waals surface area (Å²) >= 11 is 2.82. The Kier molecular flexibility index (Phi) is 7.11. The van der Waals surface area contributed by atoms with Crippen molar-refractivity contribution in [3.63, 3.8) is 0 Å². The number of hydrogen-bond donors (Lipinski definition) is 2. The third kappa shape index (κ3) is 6.52. The average Bonchev–Trinajstić information content (AvgIpc) is 3.36. The first kappa shape index (κ1) is 20.7. The van der Waals surface area contributed by atoms with E-state index in [1.165, 1.54) is 11.8 Å². The van der Waals surface area contributed by atoms with Crippen molar-refractivity contribution in [3.8, 4) is 11.8 Å². The zero-order valence-corrected chi connectivity index (χ0v) is 17.5. The van der Waals surface area contributed by atoms with Crippen LogP contribution in [-0.2, 0) is 9.59 Å². The molecule has 1 aromatic carbocycles. The van der Waals surface area contributed by atoms with Gasteiger partial charge in [0.1, 0.15) is 5.76 Å². The second kappa shape index (κ2) is 9.96. The Labute approximate surface area is 177 Å². The van der Waals surface area contributed by atoms with Gasteiger partial charge in [-0.2, -0.15) is 0 Å². The van der Waals surface area contributed by atoms with Crippen LogP contribution in [0.5, 0.6) is 0 Å². The molecule has 2 N–H and O–H groups in total. The normalized spacial score (nSPS) is 11.2. The van der Waals surface area contributed by atoms with Gasteiger partial charge in [0.05, 0.1) is 15.9 Å². The number of rotatable bonds is 6. The van der Waals surface area contributed by atoms with Gasteiger partial charge < -0.3 is 15.2 Å². The minimum atomic E-state index is -0.416. The standard InChI is InChI=1S/C21H19N3O3S2/c1-14-11-19(24-27-14)23-21(26)15(2)29-13-20(25)22-17-6-3-5-16(12-17)8-9-18-7-4-10-28-18/h3-7,10-12,15H,13H2,1-2H3,(H,22,25)(H,23,24,26). The smallest absolute Gasteiger partial charge is 0.238 e. The summed E-state index contributed by atoms with van der Waals surface area (Å²) in [5.41, 5.74) is 1.49. The molecule has 0 aliphatic heterocycles. The molecule has 0 fully saturated rings. The predicted octanol–water partition coefficient (Wildman–Crippen LogP) is 4.14. The van der Waals surface area contributed by atoms with Crippen LogP contribution < -0.4 is 10.6 Å². The summed E-state index contributed by atoms with van der Waals surface area (Å²) < 4.78 is 4.91. The second-order valence-corrected chi connectivity index (χ2v) is 8.40. The highest BCUT2D eigenvalue weighted by atomic mass is 32.2. The van der Waals surface area contributed by atoms with Crippen molar-refractivity contribution in [1.29, 1.82) is 0 Å². The van der Waals surface area contributed by atoms with Crippen LogP contribution in [0, 0.1) is 18.8 Å². The fourth-order valence-corrected chi connectivity index (χ4v) is 3.54. The van der Waals surface area contributed by atoms with Crippen molar-refractivity contribution < 1.29 is 14.1 Å². The summed E-state index contributed by atoms with van der Waals surface area (Å²) in [7, 11) is 0. The lowest BCUT2D eigenvalue weighted by Crippen LogP contribution is -2.25. The van der Waals surface area contributed by atoms with E-state index in [9.17, 15) is 9.59 Å². The Morgan fingerprint density at radius 1 is 1.21 bits per heavy atom. The van der Waals surface area contributed by atoms with E-state index >= 15 is 0 Å². The minimum absolute atomic E-state index is 0.150. The molecule has 0 aliphatic carbocycles. The first-order valence-corrected chi connectivity index (χ1v) is 10.7. The topological polar surface area (TPSA) is 84.2 Å². The quantitative estimate of drug-likeness (QED) is 0.580. The number of amides is 2.